The highest BCUT2D eigenvalue weighted by Gasteiger charge is 2.23. The molecule has 0 aliphatic carbocycles. The van der Waals surface area contributed by atoms with Crippen LogP contribution in [0.4, 0.5) is 4.39 Å². The number of carbonyl (C=O) groups excluding carboxylic acids is 1. The topological polar surface area (TPSA) is 63.9 Å². The molecule has 10 heteroatoms. The van der Waals surface area contributed by atoms with Gasteiger partial charge in [-0.25, -0.2) is 9.37 Å². The van der Waals surface area contributed by atoms with Crippen molar-refractivity contribution in [1.29, 1.82) is 0 Å². The summed E-state index contributed by atoms with van der Waals surface area (Å²) in [6.45, 7) is 1.58. The molecule has 0 spiro atoms. The smallest absolute Gasteiger partial charge is 0.273 e. The van der Waals surface area contributed by atoms with Crippen molar-refractivity contribution in [3.63, 3.8) is 0 Å². The number of aromatic nitrogens is 4. The van der Waals surface area contributed by atoms with Crippen molar-refractivity contribution in [1.82, 2.24) is 24.6 Å². The second kappa shape index (κ2) is 9.62. The van der Waals surface area contributed by atoms with Crippen molar-refractivity contribution < 1.29 is 9.18 Å². The second-order valence-electron chi connectivity index (χ2n) is 7.49. The molecule has 3 heterocycles. The number of likely N-dealkylation sites (tertiary alicyclic amines) is 1. The van der Waals surface area contributed by atoms with Crippen LogP contribution in [0.15, 0.2) is 59.1 Å². The molecule has 0 atom stereocenters. The van der Waals surface area contributed by atoms with E-state index in [4.69, 9.17) is 11.6 Å². The minimum Gasteiger partial charge on any atom is -0.337 e. The highest BCUT2D eigenvalue weighted by molar-refractivity contribution is 7.98. The number of hydrogen-bond donors (Lipinski definition) is 0. The van der Waals surface area contributed by atoms with Crippen LogP contribution in [0.1, 0.15) is 28.3 Å². The number of para-hydroxylation sites is 1. The van der Waals surface area contributed by atoms with Crippen LogP contribution >= 0.6 is 34.7 Å². The minimum absolute atomic E-state index is 0.0180. The monoisotopic (exact) mass is 499 g/mol. The van der Waals surface area contributed by atoms with Gasteiger partial charge < -0.3 is 4.90 Å². The number of nitrogens with zero attached hydrogens (tertiary/aromatic N) is 5. The largest absolute Gasteiger partial charge is 0.337 e. The molecule has 1 amide bonds. The van der Waals surface area contributed by atoms with Crippen molar-refractivity contribution in [3.8, 4) is 17.1 Å². The molecule has 1 saturated heterocycles. The number of hydrogen-bond acceptors (Lipinski definition) is 6. The van der Waals surface area contributed by atoms with Gasteiger partial charge in [0.1, 0.15) is 16.5 Å². The molecule has 0 bridgehead atoms. The van der Waals surface area contributed by atoms with Gasteiger partial charge in [0.2, 0.25) is 0 Å². The van der Waals surface area contributed by atoms with Gasteiger partial charge in [0.15, 0.2) is 11.0 Å². The number of amides is 1. The SMILES string of the molecule is O=C(c1csc(CSc2nnc(-c3ccccc3Cl)n2-c2ccccc2F)n1)N1CCCC1. The molecular weight excluding hydrogens is 481 g/mol. The molecule has 168 valence electrons. The summed E-state index contributed by atoms with van der Waals surface area (Å²) >= 11 is 9.22. The summed E-state index contributed by atoms with van der Waals surface area (Å²) in [5.41, 5.74) is 1.48. The lowest BCUT2D eigenvalue weighted by Crippen LogP contribution is -2.27. The van der Waals surface area contributed by atoms with E-state index in [-0.39, 0.29) is 11.7 Å². The molecule has 0 N–H and O–H groups in total. The maximum absolute atomic E-state index is 14.8. The van der Waals surface area contributed by atoms with Crippen LogP contribution in [0.25, 0.3) is 17.1 Å². The molecule has 5 rings (SSSR count). The number of carbonyl (C=O) groups is 1. The van der Waals surface area contributed by atoms with E-state index in [0.717, 1.165) is 30.9 Å². The molecule has 1 aliphatic rings. The predicted octanol–water partition coefficient (Wildman–Crippen LogP) is 5.71. The molecule has 6 nitrogen and oxygen atoms in total. The summed E-state index contributed by atoms with van der Waals surface area (Å²) in [4.78, 5) is 19.0. The third-order valence-corrected chi connectivity index (χ3v) is 7.63. The van der Waals surface area contributed by atoms with Gasteiger partial charge in [0.05, 0.1) is 16.5 Å². The first-order valence-corrected chi connectivity index (χ1v) is 12.7. The lowest BCUT2D eigenvalue weighted by atomic mass is 10.2. The minimum atomic E-state index is -0.389. The van der Waals surface area contributed by atoms with Gasteiger partial charge in [-0.3, -0.25) is 9.36 Å². The number of thiazole rings is 1. The molecule has 0 radical (unpaired) electrons. The lowest BCUT2D eigenvalue weighted by Gasteiger charge is -2.12. The molecular formula is C23H19ClFN5OS2. The summed E-state index contributed by atoms with van der Waals surface area (Å²) < 4.78 is 16.4. The Bertz CT molecular complexity index is 1300. The second-order valence-corrected chi connectivity index (χ2v) is 9.78. The van der Waals surface area contributed by atoms with Crippen molar-refractivity contribution in [3.05, 3.63) is 75.5 Å². The fourth-order valence-corrected chi connectivity index (χ4v) is 5.67. The van der Waals surface area contributed by atoms with Crippen molar-refractivity contribution in [2.45, 2.75) is 23.8 Å². The Balaban J connectivity index is 1.44. The van der Waals surface area contributed by atoms with E-state index in [9.17, 15) is 9.18 Å². The van der Waals surface area contributed by atoms with E-state index in [0.29, 0.717) is 38.7 Å². The molecule has 4 aromatic rings. The molecule has 1 aliphatic heterocycles. The Kier molecular flexibility index (Phi) is 6.43. The quantitative estimate of drug-likeness (QED) is 0.318. The zero-order chi connectivity index (χ0) is 22.8. The third kappa shape index (κ3) is 4.53. The Hall–Kier alpha value is -2.75. The van der Waals surface area contributed by atoms with Gasteiger partial charge in [-0.1, -0.05) is 47.6 Å². The van der Waals surface area contributed by atoms with Gasteiger partial charge in [-0.15, -0.1) is 21.5 Å². The molecule has 2 aromatic carbocycles. The van der Waals surface area contributed by atoms with Gasteiger partial charge in [-0.05, 0) is 37.1 Å². The number of benzene rings is 2. The number of halogens is 2. The summed E-state index contributed by atoms with van der Waals surface area (Å²) in [6.07, 6.45) is 2.08. The van der Waals surface area contributed by atoms with Crippen LogP contribution in [-0.2, 0) is 5.75 Å². The third-order valence-electron chi connectivity index (χ3n) is 5.33. The first kappa shape index (κ1) is 22.1. The average molecular weight is 500 g/mol. The van der Waals surface area contributed by atoms with Crippen molar-refractivity contribution >= 4 is 40.6 Å². The normalized spacial score (nSPS) is 13.6. The fraction of sp³-hybridized carbons (Fsp3) is 0.217. The highest BCUT2D eigenvalue weighted by atomic mass is 35.5. The van der Waals surface area contributed by atoms with Crippen LogP contribution in [0.2, 0.25) is 5.02 Å². The van der Waals surface area contributed by atoms with Crippen LogP contribution in [-0.4, -0.2) is 43.6 Å². The zero-order valence-corrected chi connectivity index (χ0v) is 19.8. The van der Waals surface area contributed by atoms with Crippen molar-refractivity contribution in [2.75, 3.05) is 13.1 Å². The van der Waals surface area contributed by atoms with Gasteiger partial charge >= 0.3 is 0 Å². The Labute approximate surface area is 203 Å². The van der Waals surface area contributed by atoms with Crippen LogP contribution < -0.4 is 0 Å². The van der Waals surface area contributed by atoms with E-state index in [2.05, 4.69) is 15.2 Å². The first-order valence-electron chi connectivity index (χ1n) is 10.4. The van der Waals surface area contributed by atoms with E-state index < -0.39 is 0 Å². The van der Waals surface area contributed by atoms with Crippen LogP contribution in [0.3, 0.4) is 0 Å². The summed E-state index contributed by atoms with van der Waals surface area (Å²) in [5.74, 6) is 0.528. The molecule has 2 aromatic heterocycles. The standard InChI is InChI=1S/C23H19ClFN5OS2/c24-16-8-2-1-7-15(16)21-27-28-23(30(21)19-10-4-3-9-17(19)25)33-14-20-26-18(13-32-20)22(31)29-11-5-6-12-29/h1-4,7-10,13H,5-6,11-12,14H2. The van der Waals surface area contributed by atoms with Crippen LogP contribution in [0.5, 0.6) is 0 Å². The van der Waals surface area contributed by atoms with E-state index >= 15 is 0 Å². The predicted molar refractivity (Wildman–Crippen MR) is 129 cm³/mol. The van der Waals surface area contributed by atoms with E-state index in [1.807, 2.05) is 23.1 Å². The Morgan fingerprint density at radius 1 is 1.09 bits per heavy atom. The summed E-state index contributed by atoms with van der Waals surface area (Å²) in [5, 5.41) is 12.3. The first-order chi connectivity index (χ1) is 16.1. The molecule has 1 fully saturated rings. The van der Waals surface area contributed by atoms with Crippen molar-refractivity contribution in [2.24, 2.45) is 0 Å². The fourth-order valence-electron chi connectivity index (χ4n) is 3.71. The maximum Gasteiger partial charge on any atom is 0.273 e. The van der Waals surface area contributed by atoms with E-state index in [1.165, 1.54) is 29.2 Å². The maximum atomic E-state index is 14.8. The van der Waals surface area contributed by atoms with Gasteiger partial charge in [0, 0.05) is 24.0 Å². The molecule has 0 saturated carbocycles. The molecule has 33 heavy (non-hydrogen) atoms. The van der Waals surface area contributed by atoms with E-state index in [1.54, 1.807) is 34.2 Å². The Morgan fingerprint density at radius 2 is 1.85 bits per heavy atom. The number of rotatable bonds is 6. The van der Waals surface area contributed by atoms with Crippen LogP contribution in [0, 0.1) is 5.82 Å². The van der Waals surface area contributed by atoms with Gasteiger partial charge in [0.25, 0.3) is 5.91 Å². The average Bonchev–Trinajstić information content (AvgIpc) is 3.59. The summed E-state index contributed by atoms with van der Waals surface area (Å²) in [6, 6.07) is 13.8. The van der Waals surface area contributed by atoms with Gasteiger partial charge in [-0.2, -0.15) is 0 Å². The zero-order valence-electron chi connectivity index (χ0n) is 17.4. The molecule has 0 unspecified atom stereocenters. The summed E-state index contributed by atoms with van der Waals surface area (Å²) in [7, 11) is 0. The highest BCUT2D eigenvalue weighted by Crippen LogP contribution is 2.34. The Morgan fingerprint density at radius 3 is 2.64 bits per heavy atom. The lowest BCUT2D eigenvalue weighted by molar-refractivity contribution is 0.0787. The number of thioether (sulfide) groups is 1.